The molecule has 1 aliphatic rings. The van der Waals surface area contributed by atoms with Crippen molar-refractivity contribution in [2.24, 2.45) is 0 Å². The number of nitrogens with zero attached hydrogens (tertiary/aromatic N) is 5. The van der Waals surface area contributed by atoms with Crippen LogP contribution in [0, 0.1) is 0 Å². The van der Waals surface area contributed by atoms with Crippen molar-refractivity contribution < 1.29 is 0 Å². The van der Waals surface area contributed by atoms with E-state index >= 15 is 0 Å². The molecule has 0 aromatic carbocycles. The highest BCUT2D eigenvalue weighted by Crippen LogP contribution is 2.34. The lowest BCUT2D eigenvalue weighted by Gasteiger charge is -2.25. The molecule has 0 unspecified atom stereocenters. The molecule has 0 spiro atoms. The molecule has 5 nitrogen and oxygen atoms in total. The fourth-order valence-corrected chi connectivity index (χ4v) is 6.11. The van der Waals surface area contributed by atoms with Gasteiger partial charge in [0.1, 0.15) is 5.82 Å². The third-order valence-electron chi connectivity index (χ3n) is 5.08. The van der Waals surface area contributed by atoms with Gasteiger partial charge in [-0.25, -0.2) is 4.98 Å². The standard InChI is InChI=1S/C19H21N5S3/c1-2-5-15(6-3-1)24-17(11-16-7-4-9-25-16)21-22-19(24)27-13-14-12-23-8-10-26-18(23)20-14/h4,7-10,12,15H,1-3,5-6,11,13H2. The second-order valence-corrected chi connectivity index (χ2v) is 9.78. The summed E-state index contributed by atoms with van der Waals surface area (Å²) in [5, 5.41) is 14.4. The summed E-state index contributed by atoms with van der Waals surface area (Å²) in [6.07, 6.45) is 11.5. The highest BCUT2D eigenvalue weighted by Gasteiger charge is 2.23. The molecule has 0 atom stereocenters. The van der Waals surface area contributed by atoms with Crippen molar-refractivity contribution >= 4 is 39.4 Å². The van der Waals surface area contributed by atoms with Crippen molar-refractivity contribution in [3.8, 4) is 0 Å². The summed E-state index contributed by atoms with van der Waals surface area (Å²) in [5.74, 6) is 1.94. The fraction of sp³-hybridized carbons (Fsp3) is 0.421. The highest BCUT2D eigenvalue weighted by atomic mass is 32.2. The molecule has 1 aliphatic carbocycles. The molecule has 8 heteroatoms. The number of aromatic nitrogens is 5. The van der Waals surface area contributed by atoms with Gasteiger partial charge in [-0.05, 0) is 24.3 Å². The Balaban J connectivity index is 1.39. The van der Waals surface area contributed by atoms with Crippen LogP contribution in [0.2, 0.25) is 0 Å². The lowest BCUT2D eigenvalue weighted by molar-refractivity contribution is 0.330. The normalized spacial score (nSPS) is 15.7. The zero-order chi connectivity index (χ0) is 18.1. The maximum Gasteiger partial charge on any atom is 0.193 e. The summed E-state index contributed by atoms with van der Waals surface area (Å²) < 4.78 is 4.52. The summed E-state index contributed by atoms with van der Waals surface area (Å²) in [4.78, 5) is 7.11. The predicted molar refractivity (Wildman–Crippen MR) is 112 cm³/mol. The molecule has 4 aromatic heterocycles. The van der Waals surface area contributed by atoms with E-state index in [1.807, 2.05) is 0 Å². The molecule has 0 amide bonds. The number of hydrogen-bond donors (Lipinski definition) is 0. The minimum atomic E-state index is 0.539. The van der Waals surface area contributed by atoms with Crippen LogP contribution < -0.4 is 0 Å². The topological polar surface area (TPSA) is 48.0 Å². The van der Waals surface area contributed by atoms with Gasteiger partial charge in [0.15, 0.2) is 10.1 Å². The second kappa shape index (κ2) is 7.77. The Morgan fingerprint density at radius 2 is 2.04 bits per heavy atom. The SMILES string of the molecule is c1csc(Cc2nnc(SCc3cn4ccsc4n3)n2C2CCCCC2)c1. The maximum absolute atomic E-state index is 4.70. The minimum absolute atomic E-state index is 0.539. The van der Waals surface area contributed by atoms with Crippen LogP contribution in [-0.2, 0) is 12.2 Å². The van der Waals surface area contributed by atoms with Gasteiger partial charge in [0.25, 0.3) is 0 Å². The van der Waals surface area contributed by atoms with Crippen LogP contribution in [0.5, 0.6) is 0 Å². The summed E-state index contributed by atoms with van der Waals surface area (Å²) in [5.41, 5.74) is 1.10. The molecule has 0 aliphatic heterocycles. The lowest BCUT2D eigenvalue weighted by atomic mass is 9.95. The Morgan fingerprint density at radius 1 is 1.11 bits per heavy atom. The third-order valence-corrected chi connectivity index (χ3v) is 7.70. The van der Waals surface area contributed by atoms with Crippen molar-refractivity contribution in [2.75, 3.05) is 0 Å². The molecule has 1 fully saturated rings. The lowest BCUT2D eigenvalue weighted by Crippen LogP contribution is -2.16. The van der Waals surface area contributed by atoms with Gasteiger partial charge in [0.2, 0.25) is 0 Å². The number of thiazole rings is 1. The van der Waals surface area contributed by atoms with Crippen LogP contribution in [0.25, 0.3) is 4.96 Å². The maximum atomic E-state index is 4.70. The van der Waals surface area contributed by atoms with Gasteiger partial charge in [-0.3, -0.25) is 4.40 Å². The molecule has 0 bridgehead atoms. The van der Waals surface area contributed by atoms with Gasteiger partial charge in [-0.2, -0.15) is 0 Å². The first-order chi connectivity index (χ1) is 13.4. The van der Waals surface area contributed by atoms with E-state index in [2.05, 4.69) is 54.5 Å². The van der Waals surface area contributed by atoms with Gasteiger partial charge in [0.05, 0.1) is 5.69 Å². The highest BCUT2D eigenvalue weighted by molar-refractivity contribution is 7.98. The van der Waals surface area contributed by atoms with E-state index in [9.17, 15) is 0 Å². The molecule has 27 heavy (non-hydrogen) atoms. The van der Waals surface area contributed by atoms with E-state index in [4.69, 9.17) is 4.98 Å². The Labute approximate surface area is 170 Å². The first kappa shape index (κ1) is 17.5. The zero-order valence-corrected chi connectivity index (χ0v) is 17.4. The molecule has 4 heterocycles. The predicted octanol–water partition coefficient (Wildman–Crippen LogP) is 5.44. The largest absolute Gasteiger partial charge is 0.303 e. The number of fused-ring (bicyclic) bond motifs is 1. The second-order valence-electron chi connectivity index (χ2n) is 6.93. The summed E-state index contributed by atoms with van der Waals surface area (Å²) >= 11 is 5.24. The smallest absolute Gasteiger partial charge is 0.193 e. The number of thioether (sulfide) groups is 1. The van der Waals surface area contributed by atoms with Crippen molar-refractivity contribution in [1.82, 2.24) is 24.1 Å². The number of rotatable bonds is 6. The molecule has 0 N–H and O–H groups in total. The van der Waals surface area contributed by atoms with Crippen LogP contribution in [0.1, 0.15) is 54.5 Å². The molecule has 1 saturated carbocycles. The van der Waals surface area contributed by atoms with E-state index in [0.717, 1.165) is 33.8 Å². The van der Waals surface area contributed by atoms with E-state index < -0.39 is 0 Å². The summed E-state index contributed by atoms with van der Waals surface area (Å²) in [7, 11) is 0. The Morgan fingerprint density at radius 3 is 2.85 bits per heavy atom. The van der Waals surface area contributed by atoms with Gasteiger partial charge in [0, 0.05) is 40.9 Å². The first-order valence-electron chi connectivity index (χ1n) is 9.37. The van der Waals surface area contributed by atoms with Crippen LogP contribution in [0.4, 0.5) is 0 Å². The molecule has 140 valence electrons. The van der Waals surface area contributed by atoms with E-state index in [1.54, 1.807) is 34.4 Å². The molecule has 5 rings (SSSR count). The van der Waals surface area contributed by atoms with Crippen molar-refractivity contribution in [3.63, 3.8) is 0 Å². The van der Waals surface area contributed by atoms with Gasteiger partial charge < -0.3 is 4.57 Å². The third kappa shape index (κ3) is 3.70. The van der Waals surface area contributed by atoms with Crippen LogP contribution in [0.15, 0.2) is 40.4 Å². The number of imidazole rings is 1. The van der Waals surface area contributed by atoms with Crippen LogP contribution in [-0.4, -0.2) is 24.1 Å². The number of thiophene rings is 1. The van der Waals surface area contributed by atoms with Crippen molar-refractivity contribution in [1.29, 1.82) is 0 Å². The Hall–Kier alpha value is -1.64. The van der Waals surface area contributed by atoms with Crippen molar-refractivity contribution in [3.05, 3.63) is 51.7 Å². The van der Waals surface area contributed by atoms with E-state index in [0.29, 0.717) is 6.04 Å². The van der Waals surface area contributed by atoms with Gasteiger partial charge >= 0.3 is 0 Å². The molecule has 0 saturated heterocycles. The fourth-order valence-electron chi connectivity index (χ4n) is 3.79. The monoisotopic (exact) mass is 415 g/mol. The molecular formula is C19H21N5S3. The summed E-state index contributed by atoms with van der Waals surface area (Å²) in [6, 6.07) is 4.84. The minimum Gasteiger partial charge on any atom is -0.303 e. The van der Waals surface area contributed by atoms with Crippen LogP contribution >= 0.6 is 34.4 Å². The molecule has 0 radical (unpaired) electrons. The number of hydrogen-bond acceptors (Lipinski definition) is 6. The Bertz CT molecular complexity index is 979. The zero-order valence-electron chi connectivity index (χ0n) is 15.0. The summed E-state index contributed by atoms with van der Waals surface area (Å²) in [6.45, 7) is 0. The van der Waals surface area contributed by atoms with E-state index in [-0.39, 0.29) is 0 Å². The average Bonchev–Trinajstić information content (AvgIpc) is 3.46. The van der Waals surface area contributed by atoms with Gasteiger partial charge in [-0.1, -0.05) is 37.1 Å². The quantitative estimate of drug-likeness (QED) is 0.394. The average molecular weight is 416 g/mol. The van der Waals surface area contributed by atoms with E-state index in [1.165, 1.54) is 37.0 Å². The molecular weight excluding hydrogens is 394 g/mol. The van der Waals surface area contributed by atoms with Crippen LogP contribution in [0.3, 0.4) is 0 Å². The van der Waals surface area contributed by atoms with Gasteiger partial charge in [-0.15, -0.1) is 32.9 Å². The van der Waals surface area contributed by atoms with Crippen molar-refractivity contribution in [2.45, 2.75) is 55.5 Å². The first-order valence-corrected chi connectivity index (χ1v) is 12.1. The Kier molecular flexibility index (Phi) is 5.02. The molecule has 4 aromatic rings.